The Labute approximate surface area is 155 Å². The van der Waals surface area contributed by atoms with Crippen LogP contribution in [-0.2, 0) is 9.53 Å². The zero-order valence-corrected chi connectivity index (χ0v) is 15.1. The Morgan fingerprint density at radius 3 is 2.56 bits per heavy atom. The lowest BCUT2D eigenvalue weighted by molar-refractivity contribution is -0.384. The molecule has 0 amide bonds. The third kappa shape index (κ3) is 4.75. The van der Waals surface area contributed by atoms with Gasteiger partial charge in [0.05, 0.1) is 10.6 Å². The van der Waals surface area contributed by atoms with Crippen molar-refractivity contribution in [3.8, 4) is 0 Å². The van der Waals surface area contributed by atoms with E-state index < -0.39 is 23.3 Å². The first kappa shape index (κ1) is 19.8. The van der Waals surface area contributed by atoms with Crippen LogP contribution in [0.1, 0.15) is 44.6 Å². The lowest BCUT2D eigenvalue weighted by atomic mass is 10.1. The third-order valence-corrected chi connectivity index (χ3v) is 3.91. The van der Waals surface area contributed by atoms with Gasteiger partial charge in [-0.1, -0.05) is 12.1 Å². The molecule has 0 saturated heterocycles. The van der Waals surface area contributed by atoms with E-state index in [4.69, 9.17) is 4.74 Å². The molecule has 1 N–H and O–H groups in total. The number of aromatic amines is 1. The smallest absolute Gasteiger partial charge is 0.331 e. The van der Waals surface area contributed by atoms with Crippen molar-refractivity contribution in [1.82, 2.24) is 4.98 Å². The summed E-state index contributed by atoms with van der Waals surface area (Å²) in [4.78, 5) is 48.7. The summed E-state index contributed by atoms with van der Waals surface area (Å²) in [5.41, 5.74) is 2.14. The SMILES string of the molecule is CC(=O)c1c(C)[nH]c(C(=O)COC(=O)C=Cc2cccc([N+](=O)[O-])c2)c1C. The monoisotopic (exact) mass is 370 g/mol. The number of esters is 1. The number of hydrogen-bond donors (Lipinski definition) is 1. The molecule has 0 saturated carbocycles. The first-order valence-electron chi connectivity index (χ1n) is 8.03. The van der Waals surface area contributed by atoms with Gasteiger partial charge in [-0.25, -0.2) is 4.79 Å². The molecule has 1 aromatic heterocycles. The maximum Gasteiger partial charge on any atom is 0.331 e. The highest BCUT2D eigenvalue weighted by Crippen LogP contribution is 2.19. The van der Waals surface area contributed by atoms with Crippen LogP contribution in [0, 0.1) is 24.0 Å². The van der Waals surface area contributed by atoms with Gasteiger partial charge in [-0.15, -0.1) is 0 Å². The third-order valence-electron chi connectivity index (χ3n) is 3.91. The maximum atomic E-state index is 12.2. The summed E-state index contributed by atoms with van der Waals surface area (Å²) < 4.78 is 4.91. The standard InChI is InChI=1S/C19H18N2O6/c1-11-18(13(3)22)12(2)20-19(11)16(23)10-27-17(24)8-7-14-5-4-6-15(9-14)21(25)26/h4-9,20H,10H2,1-3H3. The van der Waals surface area contributed by atoms with E-state index in [1.807, 2.05) is 0 Å². The van der Waals surface area contributed by atoms with Gasteiger partial charge < -0.3 is 9.72 Å². The predicted molar refractivity (Wildman–Crippen MR) is 97.7 cm³/mol. The van der Waals surface area contributed by atoms with Crippen molar-refractivity contribution in [1.29, 1.82) is 0 Å². The topological polar surface area (TPSA) is 119 Å². The molecule has 0 aliphatic carbocycles. The lowest BCUT2D eigenvalue weighted by Gasteiger charge is -2.02. The molecule has 0 aliphatic heterocycles. The molecule has 0 radical (unpaired) electrons. The van der Waals surface area contributed by atoms with Crippen molar-refractivity contribution >= 4 is 29.3 Å². The molecule has 1 heterocycles. The van der Waals surface area contributed by atoms with Gasteiger partial charge in [0.2, 0.25) is 5.78 Å². The molecule has 2 aromatic rings. The highest BCUT2D eigenvalue weighted by atomic mass is 16.6. The zero-order chi connectivity index (χ0) is 20.1. The second kappa shape index (κ2) is 8.22. The fourth-order valence-electron chi connectivity index (χ4n) is 2.72. The number of carbonyl (C=O) groups is 3. The average Bonchev–Trinajstić information content (AvgIpc) is 2.92. The Morgan fingerprint density at radius 1 is 1.26 bits per heavy atom. The van der Waals surface area contributed by atoms with Crippen LogP contribution in [0.3, 0.4) is 0 Å². The van der Waals surface area contributed by atoms with Gasteiger partial charge in [0, 0.05) is 29.5 Å². The van der Waals surface area contributed by atoms with Gasteiger partial charge in [-0.05, 0) is 38.0 Å². The summed E-state index contributed by atoms with van der Waals surface area (Å²) in [6.45, 7) is 4.26. The number of nitrogens with one attached hydrogen (secondary N) is 1. The van der Waals surface area contributed by atoms with Gasteiger partial charge in [-0.2, -0.15) is 0 Å². The number of H-pyrrole nitrogens is 1. The molecule has 0 unspecified atom stereocenters. The fourth-order valence-corrected chi connectivity index (χ4v) is 2.72. The average molecular weight is 370 g/mol. The second-order valence-electron chi connectivity index (χ2n) is 5.90. The van der Waals surface area contributed by atoms with Crippen LogP contribution in [0.25, 0.3) is 6.08 Å². The molecule has 0 atom stereocenters. The molecule has 0 aliphatic rings. The Hall–Kier alpha value is -3.55. The fraction of sp³-hybridized carbons (Fsp3) is 0.211. The molecule has 27 heavy (non-hydrogen) atoms. The maximum absolute atomic E-state index is 12.2. The number of ketones is 2. The molecule has 1 aromatic carbocycles. The minimum absolute atomic E-state index is 0.0976. The Morgan fingerprint density at radius 2 is 1.96 bits per heavy atom. The molecule has 8 heteroatoms. The molecule has 0 bridgehead atoms. The number of nitrogens with zero attached hydrogens (tertiary/aromatic N) is 1. The van der Waals surface area contributed by atoms with Crippen molar-refractivity contribution in [2.45, 2.75) is 20.8 Å². The van der Waals surface area contributed by atoms with Crippen LogP contribution in [0.5, 0.6) is 0 Å². The number of benzene rings is 1. The molecular weight excluding hydrogens is 352 g/mol. The van der Waals surface area contributed by atoms with E-state index in [-0.39, 0.29) is 17.2 Å². The summed E-state index contributed by atoms with van der Waals surface area (Å²) in [5.74, 6) is -1.38. The van der Waals surface area contributed by atoms with Crippen LogP contribution in [0.2, 0.25) is 0 Å². The van der Waals surface area contributed by atoms with Gasteiger partial charge in [0.25, 0.3) is 5.69 Å². The first-order valence-corrected chi connectivity index (χ1v) is 8.03. The minimum atomic E-state index is -0.762. The van der Waals surface area contributed by atoms with Gasteiger partial charge in [-0.3, -0.25) is 19.7 Å². The van der Waals surface area contributed by atoms with E-state index in [2.05, 4.69) is 4.98 Å². The number of rotatable bonds is 7. The Kier molecular flexibility index (Phi) is 6.02. The number of aromatic nitrogens is 1. The minimum Gasteiger partial charge on any atom is -0.454 e. The van der Waals surface area contributed by atoms with Crippen molar-refractivity contribution in [3.05, 3.63) is 68.5 Å². The zero-order valence-electron chi connectivity index (χ0n) is 15.1. The van der Waals surface area contributed by atoms with E-state index >= 15 is 0 Å². The molecule has 0 spiro atoms. The number of nitro groups is 1. The second-order valence-corrected chi connectivity index (χ2v) is 5.90. The van der Waals surface area contributed by atoms with Crippen molar-refractivity contribution in [2.24, 2.45) is 0 Å². The molecule has 0 fully saturated rings. The van der Waals surface area contributed by atoms with Crippen LogP contribution in [-0.4, -0.2) is 34.0 Å². The van der Waals surface area contributed by atoms with E-state index in [1.165, 1.54) is 31.2 Å². The highest BCUT2D eigenvalue weighted by molar-refractivity contribution is 6.04. The van der Waals surface area contributed by atoms with Gasteiger partial charge in [0.15, 0.2) is 12.4 Å². The largest absolute Gasteiger partial charge is 0.454 e. The number of nitro benzene ring substituents is 1. The van der Waals surface area contributed by atoms with Crippen LogP contribution < -0.4 is 0 Å². The first-order chi connectivity index (χ1) is 12.7. The summed E-state index contributed by atoms with van der Waals surface area (Å²) in [6, 6.07) is 5.74. The summed E-state index contributed by atoms with van der Waals surface area (Å²) >= 11 is 0. The summed E-state index contributed by atoms with van der Waals surface area (Å²) in [6.07, 6.45) is 2.44. The van der Waals surface area contributed by atoms with Crippen molar-refractivity contribution < 1.29 is 24.0 Å². The number of aryl methyl sites for hydroxylation is 1. The van der Waals surface area contributed by atoms with Crippen LogP contribution in [0.15, 0.2) is 30.3 Å². The van der Waals surface area contributed by atoms with Crippen molar-refractivity contribution in [3.63, 3.8) is 0 Å². The van der Waals surface area contributed by atoms with E-state index in [0.717, 1.165) is 6.08 Å². The van der Waals surface area contributed by atoms with E-state index in [0.29, 0.717) is 22.4 Å². The Balaban J connectivity index is 2.00. The number of hydrogen-bond acceptors (Lipinski definition) is 6. The van der Waals surface area contributed by atoms with Crippen LogP contribution >= 0.6 is 0 Å². The number of Topliss-reactive ketones (excluding diaryl/α,β-unsaturated/α-hetero) is 2. The van der Waals surface area contributed by atoms with Crippen molar-refractivity contribution in [2.75, 3.05) is 6.61 Å². The van der Waals surface area contributed by atoms with Gasteiger partial charge in [0.1, 0.15) is 0 Å². The van der Waals surface area contributed by atoms with E-state index in [1.54, 1.807) is 19.9 Å². The quantitative estimate of drug-likeness (QED) is 0.263. The normalized spacial score (nSPS) is 10.8. The predicted octanol–water partition coefficient (Wildman–Crippen LogP) is 3.18. The molecule has 8 nitrogen and oxygen atoms in total. The molecule has 140 valence electrons. The van der Waals surface area contributed by atoms with Crippen LogP contribution in [0.4, 0.5) is 5.69 Å². The number of ether oxygens (including phenoxy) is 1. The van der Waals surface area contributed by atoms with E-state index in [9.17, 15) is 24.5 Å². The summed E-state index contributed by atoms with van der Waals surface area (Å²) in [7, 11) is 0. The number of non-ortho nitro benzene ring substituents is 1. The molecular formula is C19H18N2O6. The number of carbonyl (C=O) groups excluding carboxylic acids is 3. The molecule has 2 rings (SSSR count). The summed E-state index contributed by atoms with van der Waals surface area (Å²) in [5, 5.41) is 10.7. The highest BCUT2D eigenvalue weighted by Gasteiger charge is 2.20. The van der Waals surface area contributed by atoms with Gasteiger partial charge >= 0.3 is 5.97 Å². The lowest BCUT2D eigenvalue weighted by Crippen LogP contribution is -2.14. The Bertz CT molecular complexity index is 955.